The van der Waals surface area contributed by atoms with Crippen LogP contribution in [0.5, 0.6) is 0 Å². The maximum Gasteiger partial charge on any atom is 0.283 e. The number of nitrogens with zero attached hydrogens (tertiary/aromatic N) is 2. The Bertz CT molecular complexity index is 383. The Morgan fingerprint density at radius 2 is 2.38 bits per heavy atom. The van der Waals surface area contributed by atoms with E-state index in [1.165, 1.54) is 23.7 Å². The molecule has 0 saturated heterocycles. The maximum absolute atomic E-state index is 11.5. The van der Waals surface area contributed by atoms with Crippen molar-refractivity contribution in [3.8, 4) is 0 Å². The first-order valence-electron chi connectivity index (χ1n) is 4.19. The van der Waals surface area contributed by atoms with E-state index in [4.69, 9.17) is 5.73 Å². The van der Waals surface area contributed by atoms with Crippen LogP contribution in [0.3, 0.4) is 0 Å². The van der Waals surface area contributed by atoms with Crippen LogP contribution in [0.2, 0.25) is 0 Å². The molecule has 0 amide bonds. The molecule has 5 heteroatoms. The largest absolute Gasteiger partial charge is 0.396 e. The summed E-state index contributed by atoms with van der Waals surface area (Å²) >= 11 is 3.14. The van der Waals surface area contributed by atoms with Gasteiger partial charge in [-0.05, 0) is 34.7 Å². The van der Waals surface area contributed by atoms with E-state index >= 15 is 0 Å². The Labute approximate surface area is 83.9 Å². The monoisotopic (exact) mass is 243 g/mol. The van der Waals surface area contributed by atoms with Crippen LogP contribution in [0.1, 0.15) is 12.8 Å². The Morgan fingerprint density at radius 3 is 3.00 bits per heavy atom. The number of rotatable bonds is 2. The molecular formula is C8H10BrN3O. The molecule has 0 aliphatic heterocycles. The highest BCUT2D eigenvalue weighted by Gasteiger charge is 2.23. The van der Waals surface area contributed by atoms with E-state index < -0.39 is 0 Å². The second-order valence-electron chi connectivity index (χ2n) is 3.34. The number of anilines is 1. The van der Waals surface area contributed by atoms with Crippen LogP contribution in [0.25, 0.3) is 0 Å². The molecule has 1 aromatic heterocycles. The van der Waals surface area contributed by atoms with Crippen molar-refractivity contribution in [2.75, 3.05) is 5.73 Å². The maximum atomic E-state index is 11.5. The number of nitrogen functional groups attached to an aromatic ring is 1. The summed E-state index contributed by atoms with van der Waals surface area (Å²) in [5.74, 6) is 0.640. The number of hydrogen-bond acceptors (Lipinski definition) is 3. The average Bonchev–Trinajstić information content (AvgIpc) is 2.90. The Hall–Kier alpha value is -0.840. The van der Waals surface area contributed by atoms with Gasteiger partial charge >= 0.3 is 0 Å². The van der Waals surface area contributed by atoms with Gasteiger partial charge in [-0.15, -0.1) is 0 Å². The lowest BCUT2D eigenvalue weighted by molar-refractivity contribution is 0.532. The summed E-state index contributed by atoms with van der Waals surface area (Å²) in [5.41, 5.74) is 5.78. The summed E-state index contributed by atoms with van der Waals surface area (Å²) in [6.07, 6.45) is 3.92. The fourth-order valence-corrected chi connectivity index (χ4v) is 1.46. The van der Waals surface area contributed by atoms with Crippen molar-refractivity contribution in [1.82, 2.24) is 9.78 Å². The Balaban J connectivity index is 2.35. The molecule has 13 heavy (non-hydrogen) atoms. The van der Waals surface area contributed by atoms with Gasteiger partial charge in [0.1, 0.15) is 4.47 Å². The third kappa shape index (κ3) is 1.75. The molecule has 70 valence electrons. The van der Waals surface area contributed by atoms with Crippen LogP contribution in [0, 0.1) is 5.92 Å². The molecule has 4 nitrogen and oxygen atoms in total. The molecule has 1 aromatic rings. The molecule has 1 aliphatic rings. The van der Waals surface area contributed by atoms with Gasteiger partial charge in [0.15, 0.2) is 0 Å². The van der Waals surface area contributed by atoms with E-state index in [2.05, 4.69) is 21.0 Å². The van der Waals surface area contributed by atoms with Crippen molar-refractivity contribution >= 4 is 21.6 Å². The smallest absolute Gasteiger partial charge is 0.283 e. The van der Waals surface area contributed by atoms with E-state index in [0.29, 0.717) is 16.1 Å². The number of aromatic nitrogens is 2. The molecule has 0 unspecified atom stereocenters. The van der Waals surface area contributed by atoms with Crippen molar-refractivity contribution in [1.29, 1.82) is 0 Å². The van der Waals surface area contributed by atoms with Gasteiger partial charge in [0, 0.05) is 6.54 Å². The van der Waals surface area contributed by atoms with Crippen molar-refractivity contribution in [2.45, 2.75) is 19.4 Å². The minimum absolute atomic E-state index is 0.132. The Kier molecular flexibility index (Phi) is 2.11. The third-order valence-electron chi connectivity index (χ3n) is 2.14. The van der Waals surface area contributed by atoms with Crippen LogP contribution >= 0.6 is 15.9 Å². The SMILES string of the molecule is Nc1cnn(CC2CC2)c(=O)c1Br. The first-order chi connectivity index (χ1) is 6.18. The number of halogens is 1. The van der Waals surface area contributed by atoms with Crippen LogP contribution in [0.4, 0.5) is 5.69 Å². The molecule has 1 saturated carbocycles. The summed E-state index contributed by atoms with van der Waals surface area (Å²) < 4.78 is 1.89. The highest BCUT2D eigenvalue weighted by atomic mass is 79.9. The van der Waals surface area contributed by atoms with Gasteiger partial charge in [-0.25, -0.2) is 4.68 Å². The highest BCUT2D eigenvalue weighted by molar-refractivity contribution is 9.10. The quantitative estimate of drug-likeness (QED) is 0.844. The summed E-state index contributed by atoms with van der Waals surface area (Å²) in [7, 11) is 0. The fourth-order valence-electron chi connectivity index (χ4n) is 1.15. The Morgan fingerprint density at radius 1 is 1.69 bits per heavy atom. The van der Waals surface area contributed by atoms with Gasteiger partial charge in [-0.2, -0.15) is 5.10 Å². The number of hydrogen-bond donors (Lipinski definition) is 1. The second-order valence-corrected chi connectivity index (χ2v) is 4.14. The zero-order chi connectivity index (χ0) is 9.42. The van der Waals surface area contributed by atoms with Gasteiger partial charge in [-0.1, -0.05) is 0 Å². The first kappa shape index (κ1) is 8.74. The summed E-state index contributed by atoms with van der Waals surface area (Å²) in [4.78, 5) is 11.5. The summed E-state index contributed by atoms with van der Waals surface area (Å²) in [6.45, 7) is 0.720. The second kappa shape index (κ2) is 3.14. The standard InChI is InChI=1S/C8H10BrN3O/c9-7-6(10)3-11-12(8(7)13)4-5-1-2-5/h3,5H,1-2,4,10H2. The molecule has 0 radical (unpaired) electrons. The van der Waals surface area contributed by atoms with Gasteiger partial charge < -0.3 is 5.73 Å². The third-order valence-corrected chi connectivity index (χ3v) is 2.94. The fraction of sp³-hybridized carbons (Fsp3) is 0.500. The molecule has 0 atom stereocenters. The normalized spacial score (nSPS) is 16.1. The highest BCUT2D eigenvalue weighted by Crippen LogP contribution is 2.29. The molecule has 0 bridgehead atoms. The van der Waals surface area contributed by atoms with E-state index in [0.717, 1.165) is 6.54 Å². The first-order valence-corrected chi connectivity index (χ1v) is 4.99. The lowest BCUT2D eigenvalue weighted by atomic mass is 10.4. The summed E-state index contributed by atoms with van der Waals surface area (Å²) in [5, 5.41) is 3.97. The predicted octanol–water partition coefficient (Wildman–Crippen LogP) is 0.998. The minimum Gasteiger partial charge on any atom is -0.396 e. The van der Waals surface area contributed by atoms with Gasteiger partial charge in [-0.3, -0.25) is 4.79 Å². The lowest BCUT2D eigenvalue weighted by Crippen LogP contribution is -2.25. The number of nitrogens with two attached hydrogens (primary N) is 1. The van der Waals surface area contributed by atoms with Crippen LogP contribution < -0.4 is 11.3 Å². The summed E-state index contributed by atoms with van der Waals surface area (Å²) in [6, 6.07) is 0. The van der Waals surface area contributed by atoms with Crippen LogP contribution in [-0.4, -0.2) is 9.78 Å². The van der Waals surface area contributed by atoms with E-state index in [-0.39, 0.29) is 5.56 Å². The van der Waals surface area contributed by atoms with Crippen molar-refractivity contribution in [2.24, 2.45) is 5.92 Å². The van der Waals surface area contributed by atoms with E-state index in [1.807, 2.05) is 0 Å². The van der Waals surface area contributed by atoms with Crippen molar-refractivity contribution < 1.29 is 0 Å². The zero-order valence-electron chi connectivity index (χ0n) is 7.03. The molecular weight excluding hydrogens is 234 g/mol. The lowest BCUT2D eigenvalue weighted by Gasteiger charge is -2.04. The van der Waals surface area contributed by atoms with Gasteiger partial charge in [0.25, 0.3) is 5.56 Å². The molecule has 0 aromatic carbocycles. The van der Waals surface area contributed by atoms with E-state index in [1.54, 1.807) is 0 Å². The van der Waals surface area contributed by atoms with Crippen LogP contribution in [-0.2, 0) is 6.54 Å². The molecule has 1 fully saturated rings. The van der Waals surface area contributed by atoms with Crippen LogP contribution in [0.15, 0.2) is 15.5 Å². The molecule has 2 rings (SSSR count). The molecule has 1 aliphatic carbocycles. The zero-order valence-corrected chi connectivity index (χ0v) is 8.62. The topological polar surface area (TPSA) is 60.9 Å². The van der Waals surface area contributed by atoms with Crippen molar-refractivity contribution in [3.63, 3.8) is 0 Å². The van der Waals surface area contributed by atoms with Gasteiger partial charge in [0.2, 0.25) is 0 Å². The molecule has 2 N–H and O–H groups in total. The molecule has 0 spiro atoms. The van der Waals surface area contributed by atoms with Crippen molar-refractivity contribution in [3.05, 3.63) is 21.0 Å². The molecule has 1 heterocycles. The van der Waals surface area contributed by atoms with Gasteiger partial charge in [0.05, 0.1) is 11.9 Å². The average molecular weight is 244 g/mol. The van der Waals surface area contributed by atoms with E-state index in [9.17, 15) is 4.79 Å². The predicted molar refractivity (Wildman–Crippen MR) is 53.3 cm³/mol. The minimum atomic E-state index is -0.132.